The van der Waals surface area contributed by atoms with Crippen molar-refractivity contribution in [3.05, 3.63) is 35.4 Å². The fraction of sp³-hybridized carbons (Fsp3) is 0.625. The Morgan fingerprint density at radius 3 is 2.94 bits per heavy atom. The molecule has 1 fully saturated rings. The van der Waals surface area contributed by atoms with E-state index in [4.69, 9.17) is 5.11 Å². The highest BCUT2D eigenvalue weighted by Gasteiger charge is 2.19. The molecule has 1 aromatic rings. The van der Waals surface area contributed by atoms with E-state index in [1.807, 2.05) is 0 Å². The molecule has 0 radical (unpaired) electrons. The van der Waals surface area contributed by atoms with Crippen LogP contribution in [0.4, 0.5) is 0 Å². The Morgan fingerprint density at radius 1 is 1.33 bits per heavy atom. The average Bonchev–Trinajstić information content (AvgIpc) is 2.39. The normalized spacial score (nSPS) is 21.1. The van der Waals surface area contributed by atoms with E-state index in [0.717, 1.165) is 12.5 Å². The summed E-state index contributed by atoms with van der Waals surface area (Å²) in [5.74, 6) is 0.810. The van der Waals surface area contributed by atoms with Crippen LogP contribution in [0.25, 0.3) is 0 Å². The molecule has 100 valence electrons. The predicted molar refractivity (Wildman–Crippen MR) is 75.7 cm³/mol. The molecule has 0 amide bonds. The zero-order valence-corrected chi connectivity index (χ0v) is 11.4. The van der Waals surface area contributed by atoms with E-state index < -0.39 is 0 Å². The van der Waals surface area contributed by atoms with Crippen molar-refractivity contribution in [1.82, 2.24) is 4.90 Å². The molecule has 0 bridgehead atoms. The fourth-order valence-electron chi connectivity index (χ4n) is 2.98. The van der Waals surface area contributed by atoms with Crippen molar-refractivity contribution in [2.45, 2.75) is 32.6 Å². The number of aryl methyl sites for hydroxylation is 2. The largest absolute Gasteiger partial charge is 0.395 e. The molecule has 1 aromatic carbocycles. The lowest BCUT2D eigenvalue weighted by Gasteiger charge is -2.32. The number of likely N-dealkylation sites (tertiary alicyclic amines) is 1. The number of aliphatic hydroxyl groups is 1. The van der Waals surface area contributed by atoms with Crippen molar-refractivity contribution >= 4 is 0 Å². The first-order chi connectivity index (χ1) is 8.79. The minimum Gasteiger partial charge on any atom is -0.395 e. The minimum absolute atomic E-state index is 0.296. The number of β-amino-alcohol motifs (C(OH)–C–C–N with tert-alkyl or cyclic N) is 1. The van der Waals surface area contributed by atoms with Gasteiger partial charge in [0.25, 0.3) is 0 Å². The Hall–Kier alpha value is -0.860. The minimum atomic E-state index is 0.296. The van der Waals surface area contributed by atoms with E-state index >= 15 is 0 Å². The second-order valence-electron chi connectivity index (χ2n) is 5.50. The van der Waals surface area contributed by atoms with Crippen LogP contribution >= 0.6 is 0 Å². The van der Waals surface area contributed by atoms with Gasteiger partial charge in [0.1, 0.15) is 0 Å². The molecule has 0 aliphatic carbocycles. The smallest absolute Gasteiger partial charge is 0.0558 e. The van der Waals surface area contributed by atoms with Crippen LogP contribution < -0.4 is 0 Å². The zero-order chi connectivity index (χ0) is 12.8. The lowest BCUT2D eigenvalue weighted by Crippen LogP contribution is -2.37. The monoisotopic (exact) mass is 247 g/mol. The number of benzene rings is 1. The Balaban J connectivity index is 1.81. The average molecular weight is 247 g/mol. The summed E-state index contributed by atoms with van der Waals surface area (Å²) in [7, 11) is 0. The predicted octanol–water partition coefficient (Wildman–Crippen LogP) is 2.63. The summed E-state index contributed by atoms with van der Waals surface area (Å²) >= 11 is 0. The van der Waals surface area contributed by atoms with Gasteiger partial charge in [-0.1, -0.05) is 24.3 Å². The van der Waals surface area contributed by atoms with E-state index in [0.29, 0.717) is 6.61 Å². The second kappa shape index (κ2) is 6.91. The molecule has 0 aromatic heterocycles. The SMILES string of the molecule is Cc1ccccc1CCC1CCCN(CCO)C1. The van der Waals surface area contributed by atoms with E-state index in [1.165, 1.54) is 49.9 Å². The van der Waals surface area contributed by atoms with Crippen LogP contribution in [0.2, 0.25) is 0 Å². The van der Waals surface area contributed by atoms with Crippen molar-refractivity contribution in [3.63, 3.8) is 0 Å². The van der Waals surface area contributed by atoms with Crippen LogP contribution in [0, 0.1) is 12.8 Å². The molecule has 18 heavy (non-hydrogen) atoms. The highest BCUT2D eigenvalue weighted by molar-refractivity contribution is 5.25. The third-order valence-corrected chi connectivity index (χ3v) is 4.10. The van der Waals surface area contributed by atoms with Gasteiger partial charge in [0.2, 0.25) is 0 Å². The quantitative estimate of drug-likeness (QED) is 0.864. The molecule has 1 N–H and O–H groups in total. The fourth-order valence-corrected chi connectivity index (χ4v) is 2.98. The first-order valence-corrected chi connectivity index (χ1v) is 7.17. The Bertz CT molecular complexity index is 362. The zero-order valence-electron chi connectivity index (χ0n) is 11.4. The molecule has 1 heterocycles. The summed E-state index contributed by atoms with van der Waals surface area (Å²) in [5, 5.41) is 9.01. The van der Waals surface area contributed by atoms with E-state index in [9.17, 15) is 0 Å². The molecule has 1 unspecified atom stereocenters. The van der Waals surface area contributed by atoms with Gasteiger partial charge in [0.05, 0.1) is 6.61 Å². The van der Waals surface area contributed by atoms with Crippen LogP contribution in [-0.2, 0) is 6.42 Å². The van der Waals surface area contributed by atoms with Crippen LogP contribution in [0.3, 0.4) is 0 Å². The van der Waals surface area contributed by atoms with Crippen molar-refractivity contribution in [3.8, 4) is 0 Å². The van der Waals surface area contributed by atoms with Gasteiger partial charge in [-0.15, -0.1) is 0 Å². The Labute approximate surface area is 111 Å². The molecule has 1 aliphatic rings. The molecule has 0 saturated carbocycles. The number of hydrogen-bond donors (Lipinski definition) is 1. The van der Waals surface area contributed by atoms with Crippen LogP contribution in [0.5, 0.6) is 0 Å². The molecule has 0 spiro atoms. The number of piperidine rings is 1. The molecular formula is C16H25NO. The van der Waals surface area contributed by atoms with E-state index in [2.05, 4.69) is 36.1 Å². The van der Waals surface area contributed by atoms with Gasteiger partial charge < -0.3 is 10.0 Å². The number of rotatable bonds is 5. The second-order valence-corrected chi connectivity index (χ2v) is 5.50. The van der Waals surface area contributed by atoms with Crippen molar-refractivity contribution < 1.29 is 5.11 Å². The summed E-state index contributed by atoms with van der Waals surface area (Å²) < 4.78 is 0. The van der Waals surface area contributed by atoms with Gasteiger partial charge >= 0.3 is 0 Å². The Morgan fingerprint density at radius 2 is 2.17 bits per heavy atom. The molecule has 2 nitrogen and oxygen atoms in total. The van der Waals surface area contributed by atoms with Crippen LogP contribution in [0.15, 0.2) is 24.3 Å². The van der Waals surface area contributed by atoms with Gasteiger partial charge in [0.15, 0.2) is 0 Å². The molecule has 2 rings (SSSR count). The summed E-state index contributed by atoms with van der Waals surface area (Å²) in [6.45, 7) is 5.69. The van der Waals surface area contributed by atoms with Gasteiger partial charge in [-0.25, -0.2) is 0 Å². The highest BCUT2D eigenvalue weighted by atomic mass is 16.3. The third-order valence-electron chi connectivity index (χ3n) is 4.10. The number of aliphatic hydroxyl groups excluding tert-OH is 1. The van der Waals surface area contributed by atoms with Crippen molar-refractivity contribution in [2.24, 2.45) is 5.92 Å². The van der Waals surface area contributed by atoms with Crippen LogP contribution in [-0.4, -0.2) is 36.2 Å². The van der Waals surface area contributed by atoms with Crippen LogP contribution in [0.1, 0.15) is 30.4 Å². The van der Waals surface area contributed by atoms with E-state index in [-0.39, 0.29) is 0 Å². The van der Waals surface area contributed by atoms with Gasteiger partial charge in [-0.2, -0.15) is 0 Å². The number of nitrogens with zero attached hydrogens (tertiary/aromatic N) is 1. The maximum atomic E-state index is 9.01. The summed E-state index contributed by atoms with van der Waals surface area (Å²) in [4.78, 5) is 2.41. The maximum Gasteiger partial charge on any atom is 0.0558 e. The maximum absolute atomic E-state index is 9.01. The third kappa shape index (κ3) is 3.82. The molecule has 1 atom stereocenters. The van der Waals surface area contributed by atoms with E-state index in [1.54, 1.807) is 0 Å². The van der Waals surface area contributed by atoms with Gasteiger partial charge in [0, 0.05) is 13.1 Å². The molecule has 1 aliphatic heterocycles. The van der Waals surface area contributed by atoms with Gasteiger partial charge in [-0.3, -0.25) is 0 Å². The lowest BCUT2D eigenvalue weighted by molar-refractivity contribution is 0.136. The topological polar surface area (TPSA) is 23.5 Å². The lowest BCUT2D eigenvalue weighted by atomic mass is 9.90. The summed E-state index contributed by atoms with van der Waals surface area (Å²) in [6.07, 6.45) is 5.13. The first-order valence-electron chi connectivity index (χ1n) is 7.17. The van der Waals surface area contributed by atoms with Crippen molar-refractivity contribution in [2.75, 3.05) is 26.2 Å². The summed E-state index contributed by atoms with van der Waals surface area (Å²) in [6, 6.07) is 8.71. The molecule has 1 saturated heterocycles. The first kappa shape index (κ1) is 13.6. The van der Waals surface area contributed by atoms with Crippen molar-refractivity contribution in [1.29, 1.82) is 0 Å². The number of hydrogen-bond acceptors (Lipinski definition) is 2. The summed E-state index contributed by atoms with van der Waals surface area (Å²) in [5.41, 5.74) is 2.91. The highest BCUT2D eigenvalue weighted by Crippen LogP contribution is 2.22. The molecule has 2 heteroatoms. The van der Waals surface area contributed by atoms with Gasteiger partial charge in [-0.05, 0) is 56.2 Å². The standard InChI is InChI=1S/C16H25NO/c1-14-5-2-3-7-16(14)9-8-15-6-4-10-17(13-15)11-12-18/h2-3,5,7,15,18H,4,6,8-13H2,1H3. The molecular weight excluding hydrogens is 222 g/mol. The Kier molecular flexibility index (Phi) is 5.21.